The van der Waals surface area contributed by atoms with Crippen molar-refractivity contribution in [3.63, 3.8) is 0 Å². The van der Waals surface area contributed by atoms with E-state index in [4.69, 9.17) is 9.26 Å². The predicted octanol–water partition coefficient (Wildman–Crippen LogP) is 3.15. The first-order valence-corrected chi connectivity index (χ1v) is 7.86. The van der Waals surface area contributed by atoms with E-state index in [9.17, 15) is 9.18 Å². The Labute approximate surface area is 140 Å². The number of ether oxygens (including phenoxy) is 1. The number of hydrogen-bond acceptors (Lipinski definition) is 5. The van der Waals surface area contributed by atoms with Crippen LogP contribution in [0.1, 0.15) is 56.4 Å². The molecule has 1 heterocycles. The predicted molar refractivity (Wildman–Crippen MR) is 86.2 cm³/mol. The molecule has 7 heteroatoms. The first-order valence-electron chi connectivity index (χ1n) is 7.86. The van der Waals surface area contributed by atoms with Crippen molar-refractivity contribution in [2.75, 3.05) is 7.11 Å². The van der Waals surface area contributed by atoms with Crippen molar-refractivity contribution in [2.24, 2.45) is 0 Å². The average Bonchev–Trinajstić information content (AvgIpc) is 3.02. The number of hydrogen-bond donors (Lipinski definition) is 1. The Hall–Kier alpha value is -2.44. The van der Waals surface area contributed by atoms with E-state index < -0.39 is 0 Å². The highest BCUT2D eigenvalue weighted by Crippen LogP contribution is 2.25. The lowest BCUT2D eigenvalue weighted by molar-refractivity contribution is -0.121. The normalized spacial score (nSPS) is 12.2. The first kappa shape index (κ1) is 17.9. The Balaban J connectivity index is 1.93. The minimum absolute atomic E-state index is 0.178. The summed E-state index contributed by atoms with van der Waals surface area (Å²) in [4.78, 5) is 16.3. The van der Waals surface area contributed by atoms with Gasteiger partial charge in [-0.25, -0.2) is 4.39 Å². The summed E-state index contributed by atoms with van der Waals surface area (Å²) in [6, 6.07) is 3.84. The van der Waals surface area contributed by atoms with Crippen LogP contribution >= 0.6 is 0 Å². The van der Waals surface area contributed by atoms with Gasteiger partial charge in [0.25, 0.3) is 0 Å². The molecule has 1 amide bonds. The summed E-state index contributed by atoms with van der Waals surface area (Å²) in [5.41, 5.74) is 0.589. The Morgan fingerprint density at radius 2 is 2.12 bits per heavy atom. The van der Waals surface area contributed by atoms with Crippen molar-refractivity contribution >= 4 is 5.91 Å². The van der Waals surface area contributed by atoms with E-state index in [2.05, 4.69) is 15.5 Å². The van der Waals surface area contributed by atoms with Crippen molar-refractivity contribution in [1.82, 2.24) is 15.5 Å². The molecule has 0 bridgehead atoms. The van der Waals surface area contributed by atoms with Gasteiger partial charge in [0.05, 0.1) is 13.2 Å². The van der Waals surface area contributed by atoms with Gasteiger partial charge >= 0.3 is 0 Å². The molecule has 0 aliphatic carbocycles. The van der Waals surface area contributed by atoms with Crippen molar-refractivity contribution in [3.05, 3.63) is 41.3 Å². The lowest BCUT2D eigenvalue weighted by Crippen LogP contribution is -2.27. The zero-order chi connectivity index (χ0) is 17.7. The molecule has 1 unspecified atom stereocenters. The van der Waals surface area contributed by atoms with Crippen molar-refractivity contribution < 1.29 is 18.4 Å². The maximum absolute atomic E-state index is 13.4. The smallest absolute Gasteiger partial charge is 0.227 e. The van der Waals surface area contributed by atoms with Crippen LogP contribution in [0.2, 0.25) is 0 Å². The second-order valence-corrected chi connectivity index (χ2v) is 5.88. The van der Waals surface area contributed by atoms with E-state index in [1.807, 2.05) is 13.8 Å². The SMILES string of the molecule is COc1ccc(F)cc1C(C)NC(=O)CCc1nc(C(C)C)no1. The monoisotopic (exact) mass is 335 g/mol. The van der Waals surface area contributed by atoms with Gasteiger partial charge in [-0.2, -0.15) is 4.98 Å². The number of aromatic nitrogens is 2. The molecule has 1 atom stereocenters. The molecular weight excluding hydrogens is 313 g/mol. The number of carbonyl (C=O) groups excluding carboxylic acids is 1. The molecule has 24 heavy (non-hydrogen) atoms. The number of carbonyl (C=O) groups is 1. The molecule has 0 saturated heterocycles. The maximum atomic E-state index is 13.4. The lowest BCUT2D eigenvalue weighted by Gasteiger charge is -2.17. The van der Waals surface area contributed by atoms with Gasteiger partial charge in [0.15, 0.2) is 5.82 Å². The van der Waals surface area contributed by atoms with Crippen LogP contribution in [0.3, 0.4) is 0 Å². The highest BCUT2D eigenvalue weighted by atomic mass is 19.1. The largest absolute Gasteiger partial charge is 0.496 e. The van der Waals surface area contributed by atoms with E-state index in [0.29, 0.717) is 29.4 Å². The quantitative estimate of drug-likeness (QED) is 0.841. The summed E-state index contributed by atoms with van der Waals surface area (Å²) in [7, 11) is 1.51. The molecule has 130 valence electrons. The summed E-state index contributed by atoms with van der Waals surface area (Å²) >= 11 is 0. The zero-order valence-corrected chi connectivity index (χ0v) is 14.3. The molecule has 1 aromatic carbocycles. The topological polar surface area (TPSA) is 77.2 Å². The summed E-state index contributed by atoms with van der Waals surface area (Å²) in [5.74, 6) is 1.21. The van der Waals surface area contributed by atoms with Crippen LogP contribution in [0.4, 0.5) is 4.39 Å². The first-order chi connectivity index (χ1) is 11.4. The number of benzene rings is 1. The van der Waals surface area contributed by atoms with Gasteiger partial charge in [-0.15, -0.1) is 0 Å². The Kier molecular flexibility index (Phi) is 5.89. The molecule has 0 aliphatic rings. The van der Waals surface area contributed by atoms with Gasteiger partial charge in [0.2, 0.25) is 11.8 Å². The molecule has 1 N–H and O–H groups in total. The second-order valence-electron chi connectivity index (χ2n) is 5.88. The van der Waals surface area contributed by atoms with Crippen molar-refractivity contribution in [2.45, 2.75) is 45.6 Å². The zero-order valence-electron chi connectivity index (χ0n) is 14.3. The fourth-order valence-corrected chi connectivity index (χ4v) is 2.26. The van der Waals surface area contributed by atoms with Crippen LogP contribution in [0.5, 0.6) is 5.75 Å². The van der Waals surface area contributed by atoms with Crippen LogP contribution in [-0.4, -0.2) is 23.2 Å². The highest BCUT2D eigenvalue weighted by molar-refractivity contribution is 5.76. The Morgan fingerprint density at radius 1 is 1.38 bits per heavy atom. The van der Waals surface area contributed by atoms with Gasteiger partial charge in [0, 0.05) is 24.3 Å². The van der Waals surface area contributed by atoms with Crippen LogP contribution in [0.25, 0.3) is 0 Å². The molecular formula is C17H22FN3O3. The van der Waals surface area contributed by atoms with Crippen LogP contribution in [0, 0.1) is 5.82 Å². The van der Waals surface area contributed by atoms with Crippen molar-refractivity contribution in [1.29, 1.82) is 0 Å². The van der Waals surface area contributed by atoms with E-state index in [1.54, 1.807) is 13.0 Å². The average molecular weight is 335 g/mol. The van der Waals surface area contributed by atoms with E-state index >= 15 is 0 Å². The molecule has 2 rings (SSSR count). The molecule has 6 nitrogen and oxygen atoms in total. The Bertz CT molecular complexity index is 700. The molecule has 0 radical (unpaired) electrons. The molecule has 0 spiro atoms. The standard InChI is InChI=1S/C17H22FN3O3/c1-10(2)17-20-16(24-21-17)8-7-15(22)19-11(3)13-9-12(18)5-6-14(13)23-4/h5-6,9-11H,7-8H2,1-4H3,(H,19,22). The third-order valence-electron chi connectivity index (χ3n) is 3.60. The van der Waals surface area contributed by atoms with E-state index in [1.165, 1.54) is 19.2 Å². The van der Waals surface area contributed by atoms with E-state index in [0.717, 1.165) is 0 Å². The number of nitrogens with zero attached hydrogens (tertiary/aromatic N) is 2. The Morgan fingerprint density at radius 3 is 2.75 bits per heavy atom. The highest BCUT2D eigenvalue weighted by Gasteiger charge is 2.16. The summed E-state index contributed by atoms with van der Waals surface area (Å²) in [6.45, 7) is 5.71. The van der Waals surface area contributed by atoms with Gasteiger partial charge < -0.3 is 14.6 Å². The lowest BCUT2D eigenvalue weighted by atomic mass is 10.1. The fraction of sp³-hybridized carbons (Fsp3) is 0.471. The van der Waals surface area contributed by atoms with Gasteiger partial charge in [-0.1, -0.05) is 19.0 Å². The number of rotatable bonds is 7. The minimum Gasteiger partial charge on any atom is -0.496 e. The summed E-state index contributed by atoms with van der Waals surface area (Å²) in [6.07, 6.45) is 0.570. The van der Waals surface area contributed by atoms with Gasteiger partial charge in [-0.3, -0.25) is 4.79 Å². The molecule has 0 aliphatic heterocycles. The number of halogens is 1. The minimum atomic E-state index is -0.378. The van der Waals surface area contributed by atoms with Crippen molar-refractivity contribution in [3.8, 4) is 5.75 Å². The third kappa shape index (κ3) is 4.53. The molecule has 0 saturated carbocycles. The van der Waals surface area contributed by atoms with E-state index in [-0.39, 0.29) is 30.1 Å². The molecule has 0 fully saturated rings. The molecule has 2 aromatic rings. The molecule has 1 aromatic heterocycles. The maximum Gasteiger partial charge on any atom is 0.227 e. The van der Waals surface area contributed by atoms with Crippen LogP contribution in [-0.2, 0) is 11.2 Å². The summed E-state index contributed by atoms with van der Waals surface area (Å²) in [5, 5.41) is 6.68. The second kappa shape index (κ2) is 7.90. The van der Waals surface area contributed by atoms with Gasteiger partial charge in [-0.05, 0) is 25.1 Å². The van der Waals surface area contributed by atoms with Crippen LogP contribution < -0.4 is 10.1 Å². The number of nitrogens with one attached hydrogen (secondary N) is 1. The summed E-state index contributed by atoms with van der Waals surface area (Å²) < 4.78 is 23.7. The number of aryl methyl sites for hydroxylation is 1. The fourth-order valence-electron chi connectivity index (χ4n) is 2.26. The number of amides is 1. The van der Waals surface area contributed by atoms with Crippen LogP contribution in [0.15, 0.2) is 22.7 Å². The third-order valence-corrected chi connectivity index (χ3v) is 3.60. The van der Waals surface area contributed by atoms with Gasteiger partial charge in [0.1, 0.15) is 11.6 Å². The number of methoxy groups -OCH3 is 1.